The van der Waals surface area contributed by atoms with Gasteiger partial charge in [0.1, 0.15) is 11.8 Å². The van der Waals surface area contributed by atoms with Crippen molar-refractivity contribution in [2.75, 3.05) is 37.7 Å². The van der Waals surface area contributed by atoms with Gasteiger partial charge in [-0.25, -0.2) is 0 Å². The summed E-state index contributed by atoms with van der Waals surface area (Å²) in [6.45, 7) is 1.75. The summed E-state index contributed by atoms with van der Waals surface area (Å²) in [5.41, 5.74) is 1.01. The number of aromatic nitrogens is 1. The monoisotopic (exact) mass is 516 g/mol. The molecule has 0 radical (unpaired) electrons. The van der Waals surface area contributed by atoms with Crippen molar-refractivity contribution in [3.8, 4) is 11.8 Å². The molecule has 7 nitrogen and oxygen atoms in total. The molecule has 0 spiro atoms. The van der Waals surface area contributed by atoms with Crippen molar-refractivity contribution in [2.24, 2.45) is 0 Å². The summed E-state index contributed by atoms with van der Waals surface area (Å²) in [7, 11) is 0. The fourth-order valence-corrected chi connectivity index (χ4v) is 4.10. The van der Waals surface area contributed by atoms with Gasteiger partial charge in [0.2, 0.25) is 17.5 Å². The van der Waals surface area contributed by atoms with Crippen molar-refractivity contribution in [1.82, 2.24) is 9.88 Å². The second kappa shape index (κ2) is 10.8. The van der Waals surface area contributed by atoms with Crippen molar-refractivity contribution in [3.05, 3.63) is 74.7 Å². The maximum Gasteiger partial charge on any atom is 0.260 e. The maximum absolute atomic E-state index is 12.6. The minimum atomic E-state index is -0.160. The number of hydrogen-bond acceptors (Lipinski definition) is 6. The van der Waals surface area contributed by atoms with Crippen LogP contribution in [0.15, 0.2) is 46.9 Å². The Bertz CT molecular complexity index is 1260. The third-order valence-electron chi connectivity index (χ3n) is 5.21. The molecule has 0 atom stereocenters. The molecule has 34 heavy (non-hydrogen) atoms. The first-order chi connectivity index (χ1) is 16.4. The number of nitrogens with zero attached hydrogens (tertiary/aromatic N) is 4. The number of hydrogen-bond donors (Lipinski definition) is 0. The average Bonchev–Trinajstić information content (AvgIpc) is 3.26. The molecule has 1 aliphatic rings. The Labute approximate surface area is 211 Å². The molecule has 3 aromatic rings. The third-order valence-corrected chi connectivity index (χ3v) is 6.08. The summed E-state index contributed by atoms with van der Waals surface area (Å²) in [6.07, 6.45) is 3.45. The minimum absolute atomic E-state index is 0.135. The van der Waals surface area contributed by atoms with Gasteiger partial charge < -0.3 is 19.0 Å². The maximum atomic E-state index is 12.6. The zero-order valence-electron chi connectivity index (χ0n) is 17.9. The first kappa shape index (κ1) is 24.0. The van der Waals surface area contributed by atoms with Crippen LogP contribution in [-0.2, 0) is 4.79 Å². The Morgan fingerprint density at radius 1 is 1.09 bits per heavy atom. The number of piperazine rings is 1. The van der Waals surface area contributed by atoms with Crippen LogP contribution in [0, 0.1) is 11.3 Å². The molecule has 2 aromatic carbocycles. The number of rotatable bonds is 6. The normalized spacial score (nSPS) is 13.8. The van der Waals surface area contributed by atoms with Crippen LogP contribution in [0.4, 0.5) is 5.88 Å². The highest BCUT2D eigenvalue weighted by atomic mass is 35.5. The quantitative estimate of drug-likeness (QED) is 0.435. The Kier molecular flexibility index (Phi) is 7.63. The molecule has 1 saturated heterocycles. The van der Waals surface area contributed by atoms with E-state index in [1.165, 1.54) is 0 Å². The molecule has 10 heteroatoms. The summed E-state index contributed by atoms with van der Waals surface area (Å²) in [5, 5.41) is 10.9. The fraction of sp³-hybridized carbons (Fsp3) is 0.208. The first-order valence-corrected chi connectivity index (χ1v) is 11.5. The number of ether oxygens (including phenoxy) is 1. The summed E-state index contributed by atoms with van der Waals surface area (Å²) in [4.78, 5) is 20.4. The summed E-state index contributed by atoms with van der Waals surface area (Å²) in [5.74, 6) is 0.929. The van der Waals surface area contributed by atoms with Crippen molar-refractivity contribution in [3.63, 3.8) is 0 Å². The van der Waals surface area contributed by atoms with Crippen molar-refractivity contribution < 1.29 is 13.9 Å². The Morgan fingerprint density at radius 2 is 1.85 bits per heavy atom. The number of amides is 1. The number of anilines is 1. The molecular formula is C24H19Cl3N4O3. The average molecular weight is 518 g/mol. The van der Waals surface area contributed by atoms with Crippen LogP contribution in [0.3, 0.4) is 0 Å². The van der Waals surface area contributed by atoms with E-state index >= 15 is 0 Å². The molecule has 174 valence electrons. The number of halogens is 3. The zero-order valence-corrected chi connectivity index (χ0v) is 20.1. The van der Waals surface area contributed by atoms with Gasteiger partial charge in [-0.3, -0.25) is 4.79 Å². The molecule has 0 saturated carbocycles. The topological polar surface area (TPSA) is 82.6 Å². The Morgan fingerprint density at radius 3 is 2.56 bits per heavy atom. The minimum Gasteiger partial charge on any atom is -0.482 e. The van der Waals surface area contributed by atoms with Crippen LogP contribution in [0.25, 0.3) is 12.2 Å². The number of carbonyl (C=O) groups is 1. The SMILES string of the molecule is N#Cc1nc(/C=C/c2ccccc2Cl)oc1N1CCN(C(=O)COc2ccc(Cl)cc2Cl)CC1. The number of carbonyl (C=O) groups excluding carboxylic acids is 1. The summed E-state index contributed by atoms with van der Waals surface area (Å²) < 4.78 is 11.4. The van der Waals surface area contributed by atoms with Crippen LogP contribution in [0.2, 0.25) is 15.1 Å². The lowest BCUT2D eigenvalue weighted by Crippen LogP contribution is -2.50. The number of oxazole rings is 1. The summed E-state index contributed by atoms with van der Waals surface area (Å²) in [6, 6.07) is 14.3. The molecule has 1 aliphatic heterocycles. The van der Waals surface area contributed by atoms with E-state index in [4.69, 9.17) is 44.0 Å². The lowest BCUT2D eigenvalue weighted by Gasteiger charge is -2.34. The molecule has 0 aliphatic carbocycles. The fourth-order valence-electron chi connectivity index (χ4n) is 3.44. The summed E-state index contributed by atoms with van der Waals surface area (Å²) >= 11 is 18.1. The van der Waals surface area contributed by atoms with Crippen molar-refractivity contribution >= 4 is 58.7 Å². The molecule has 4 rings (SSSR count). The molecule has 1 amide bonds. The molecule has 1 aromatic heterocycles. The smallest absolute Gasteiger partial charge is 0.260 e. The third kappa shape index (κ3) is 5.65. The number of nitriles is 1. The van der Waals surface area contributed by atoms with Crippen LogP contribution < -0.4 is 9.64 Å². The van der Waals surface area contributed by atoms with Gasteiger partial charge in [0.25, 0.3) is 5.91 Å². The highest BCUT2D eigenvalue weighted by molar-refractivity contribution is 6.35. The van der Waals surface area contributed by atoms with Crippen molar-refractivity contribution in [2.45, 2.75) is 0 Å². The van der Waals surface area contributed by atoms with Gasteiger partial charge in [0.15, 0.2) is 6.61 Å². The van der Waals surface area contributed by atoms with Gasteiger partial charge >= 0.3 is 0 Å². The Balaban J connectivity index is 1.35. The first-order valence-electron chi connectivity index (χ1n) is 10.4. The van der Waals surface area contributed by atoms with E-state index < -0.39 is 0 Å². The standard InChI is InChI=1S/C24H19Cl3N4O3/c25-17-6-7-21(19(27)13-17)33-15-23(32)30-9-11-31(12-10-30)24-20(14-28)29-22(34-24)8-5-16-3-1-2-4-18(16)26/h1-8,13H,9-12,15H2/b8-5+. The van der Waals surface area contributed by atoms with Crippen molar-refractivity contribution in [1.29, 1.82) is 5.26 Å². The predicted octanol–water partition coefficient (Wildman–Crippen LogP) is 5.40. The molecule has 0 unspecified atom stereocenters. The van der Waals surface area contributed by atoms with Gasteiger partial charge in [-0.1, -0.05) is 53.0 Å². The molecule has 2 heterocycles. The number of benzene rings is 2. The van der Waals surface area contributed by atoms with E-state index in [1.54, 1.807) is 41.3 Å². The largest absolute Gasteiger partial charge is 0.482 e. The Hall–Kier alpha value is -3.18. The molecule has 1 fully saturated rings. The van der Waals surface area contributed by atoms with E-state index in [1.807, 2.05) is 23.1 Å². The van der Waals surface area contributed by atoms with Gasteiger partial charge in [0, 0.05) is 42.3 Å². The van der Waals surface area contributed by atoms with Gasteiger partial charge in [-0.15, -0.1) is 0 Å². The predicted molar refractivity (Wildman–Crippen MR) is 132 cm³/mol. The lowest BCUT2D eigenvalue weighted by molar-refractivity contribution is -0.133. The van der Waals surface area contributed by atoms with Gasteiger partial charge in [-0.05, 0) is 35.9 Å². The van der Waals surface area contributed by atoms with Crippen LogP contribution in [0.1, 0.15) is 17.1 Å². The molecule has 0 N–H and O–H groups in total. The highest BCUT2D eigenvalue weighted by Gasteiger charge is 2.26. The van der Waals surface area contributed by atoms with E-state index in [-0.39, 0.29) is 18.2 Å². The van der Waals surface area contributed by atoms with E-state index in [2.05, 4.69) is 11.1 Å². The molecule has 0 bridgehead atoms. The van der Waals surface area contributed by atoms with Crippen LogP contribution in [-0.4, -0.2) is 48.6 Å². The highest BCUT2D eigenvalue weighted by Crippen LogP contribution is 2.28. The van der Waals surface area contributed by atoms with Crippen LogP contribution >= 0.6 is 34.8 Å². The second-order valence-corrected chi connectivity index (χ2v) is 8.65. The van der Waals surface area contributed by atoms with E-state index in [0.29, 0.717) is 58.8 Å². The van der Waals surface area contributed by atoms with Crippen LogP contribution in [0.5, 0.6) is 5.75 Å². The van der Waals surface area contributed by atoms with Gasteiger partial charge in [-0.2, -0.15) is 10.2 Å². The zero-order chi connectivity index (χ0) is 24.1. The van der Waals surface area contributed by atoms with E-state index in [0.717, 1.165) is 5.56 Å². The second-order valence-electron chi connectivity index (χ2n) is 7.40. The lowest BCUT2D eigenvalue weighted by atomic mass is 10.2. The molecular weight excluding hydrogens is 499 g/mol. The van der Waals surface area contributed by atoms with Gasteiger partial charge in [0.05, 0.1) is 5.02 Å². The van der Waals surface area contributed by atoms with E-state index in [9.17, 15) is 10.1 Å².